The van der Waals surface area contributed by atoms with E-state index in [2.05, 4.69) is 0 Å². The van der Waals surface area contributed by atoms with Crippen molar-refractivity contribution in [3.05, 3.63) is 53.6 Å². The number of nitrogens with two attached hydrogens (primary N) is 1. The second-order valence-corrected chi connectivity index (χ2v) is 6.34. The largest absolute Gasteiger partial charge is 0.399 e. The number of hydrogen-bond donors (Lipinski definition) is 1. The van der Waals surface area contributed by atoms with Gasteiger partial charge in [0.1, 0.15) is 4.90 Å². The van der Waals surface area contributed by atoms with Crippen molar-refractivity contribution in [3.63, 3.8) is 0 Å². The number of benzene rings is 2. The van der Waals surface area contributed by atoms with Crippen LogP contribution in [0.25, 0.3) is 0 Å². The lowest BCUT2D eigenvalue weighted by Gasteiger charge is -2.20. The van der Waals surface area contributed by atoms with Crippen molar-refractivity contribution in [1.82, 2.24) is 0 Å². The number of anilines is 2. The summed E-state index contributed by atoms with van der Waals surface area (Å²) < 4.78 is 26.1. The lowest BCUT2D eigenvalue weighted by atomic mass is 10.3. The van der Waals surface area contributed by atoms with Crippen molar-refractivity contribution < 1.29 is 8.42 Å². The molecule has 0 aliphatic carbocycles. The number of sulfonamides is 1. The highest BCUT2D eigenvalue weighted by molar-refractivity contribution is 7.93. The first-order valence-corrected chi connectivity index (χ1v) is 7.34. The third-order valence-corrected chi connectivity index (χ3v) is 4.99. The summed E-state index contributed by atoms with van der Waals surface area (Å²) in [5.74, 6) is 0. The molecule has 0 bridgehead atoms. The van der Waals surface area contributed by atoms with Gasteiger partial charge in [0.2, 0.25) is 0 Å². The van der Waals surface area contributed by atoms with Gasteiger partial charge in [-0.25, -0.2) is 8.42 Å². The molecule has 0 atom stereocenters. The predicted molar refractivity (Wildman–Crippen MR) is 77.9 cm³/mol. The summed E-state index contributed by atoms with van der Waals surface area (Å²) >= 11 is 5.94. The fraction of sp³-hybridized carbons (Fsp3) is 0.0769. The molecule has 0 aromatic heterocycles. The van der Waals surface area contributed by atoms with Gasteiger partial charge in [-0.05, 0) is 30.3 Å². The quantitative estimate of drug-likeness (QED) is 0.886. The standard InChI is InChI=1S/C13H13ClN2O2S/c1-16(11-6-4-5-10(15)9-11)19(17,18)13-8-3-2-7-12(13)14/h2-9H,15H2,1H3. The van der Waals surface area contributed by atoms with Crippen LogP contribution in [0, 0.1) is 0 Å². The Kier molecular flexibility index (Phi) is 3.68. The highest BCUT2D eigenvalue weighted by Gasteiger charge is 2.23. The van der Waals surface area contributed by atoms with Crippen LogP contribution in [0.3, 0.4) is 0 Å². The Morgan fingerprint density at radius 2 is 1.79 bits per heavy atom. The number of halogens is 1. The molecular formula is C13H13ClN2O2S. The maximum absolute atomic E-state index is 12.5. The minimum Gasteiger partial charge on any atom is -0.399 e. The van der Waals surface area contributed by atoms with E-state index < -0.39 is 10.0 Å². The molecule has 0 fully saturated rings. The summed E-state index contributed by atoms with van der Waals surface area (Å²) in [6.07, 6.45) is 0. The molecule has 0 aliphatic rings. The van der Waals surface area contributed by atoms with E-state index in [4.69, 9.17) is 17.3 Å². The van der Waals surface area contributed by atoms with E-state index in [9.17, 15) is 8.42 Å². The van der Waals surface area contributed by atoms with Crippen LogP contribution < -0.4 is 10.0 Å². The van der Waals surface area contributed by atoms with Gasteiger partial charge in [-0.1, -0.05) is 29.8 Å². The van der Waals surface area contributed by atoms with Gasteiger partial charge >= 0.3 is 0 Å². The van der Waals surface area contributed by atoms with Crippen molar-refractivity contribution in [3.8, 4) is 0 Å². The molecule has 4 nitrogen and oxygen atoms in total. The van der Waals surface area contributed by atoms with Crippen LogP contribution >= 0.6 is 11.6 Å². The fourth-order valence-corrected chi connectivity index (χ4v) is 3.34. The van der Waals surface area contributed by atoms with Crippen LogP contribution in [0.1, 0.15) is 0 Å². The molecule has 0 heterocycles. The van der Waals surface area contributed by atoms with E-state index in [1.54, 1.807) is 42.5 Å². The zero-order valence-corrected chi connectivity index (χ0v) is 11.8. The van der Waals surface area contributed by atoms with Crippen LogP contribution in [0.5, 0.6) is 0 Å². The topological polar surface area (TPSA) is 63.4 Å². The van der Waals surface area contributed by atoms with E-state index in [0.717, 1.165) is 4.31 Å². The van der Waals surface area contributed by atoms with Crippen molar-refractivity contribution in [1.29, 1.82) is 0 Å². The molecule has 100 valence electrons. The molecule has 0 spiro atoms. The maximum atomic E-state index is 12.5. The van der Waals surface area contributed by atoms with Gasteiger partial charge in [0, 0.05) is 12.7 Å². The zero-order chi connectivity index (χ0) is 14.0. The molecule has 2 aromatic rings. The summed E-state index contributed by atoms with van der Waals surface area (Å²) in [6, 6.07) is 13.0. The first-order valence-electron chi connectivity index (χ1n) is 5.52. The Morgan fingerprint density at radius 3 is 2.42 bits per heavy atom. The third-order valence-electron chi connectivity index (χ3n) is 2.71. The first-order chi connectivity index (χ1) is 8.93. The molecule has 2 aromatic carbocycles. The predicted octanol–water partition coefficient (Wildman–Crippen LogP) is 2.75. The maximum Gasteiger partial charge on any atom is 0.265 e. The van der Waals surface area contributed by atoms with E-state index in [1.165, 1.54) is 13.1 Å². The van der Waals surface area contributed by atoms with Crippen LogP contribution in [0.4, 0.5) is 11.4 Å². The second-order valence-electron chi connectivity index (χ2n) is 4.00. The molecule has 0 amide bonds. The van der Waals surface area contributed by atoms with Gasteiger partial charge in [-0.3, -0.25) is 4.31 Å². The molecule has 0 aliphatic heterocycles. The minimum atomic E-state index is -3.69. The molecule has 2 rings (SSSR count). The number of nitrogens with zero attached hydrogens (tertiary/aromatic N) is 1. The first kappa shape index (κ1) is 13.7. The summed E-state index contributed by atoms with van der Waals surface area (Å²) in [5.41, 5.74) is 6.65. The Balaban J connectivity index is 2.49. The molecule has 0 saturated carbocycles. The highest BCUT2D eigenvalue weighted by Crippen LogP contribution is 2.27. The minimum absolute atomic E-state index is 0.0709. The van der Waals surface area contributed by atoms with Crippen molar-refractivity contribution >= 4 is 33.0 Å². The van der Waals surface area contributed by atoms with E-state index >= 15 is 0 Å². The van der Waals surface area contributed by atoms with Gasteiger partial charge in [-0.2, -0.15) is 0 Å². The second kappa shape index (κ2) is 5.11. The van der Waals surface area contributed by atoms with Crippen molar-refractivity contribution in [2.45, 2.75) is 4.90 Å². The van der Waals surface area contributed by atoms with Crippen LogP contribution in [0.2, 0.25) is 5.02 Å². The van der Waals surface area contributed by atoms with Gasteiger partial charge in [0.05, 0.1) is 10.7 Å². The molecule has 0 saturated heterocycles. The summed E-state index contributed by atoms with van der Waals surface area (Å²) in [4.78, 5) is 0.0709. The molecular weight excluding hydrogens is 284 g/mol. The SMILES string of the molecule is CN(c1cccc(N)c1)S(=O)(=O)c1ccccc1Cl. The number of rotatable bonds is 3. The molecule has 6 heteroatoms. The monoisotopic (exact) mass is 296 g/mol. The summed E-state index contributed by atoms with van der Waals surface area (Å²) in [5, 5.41) is 0.193. The zero-order valence-electron chi connectivity index (χ0n) is 10.2. The Labute approximate surface area is 117 Å². The number of hydrogen-bond acceptors (Lipinski definition) is 3. The summed E-state index contributed by atoms with van der Waals surface area (Å²) in [7, 11) is -2.23. The van der Waals surface area contributed by atoms with Crippen molar-refractivity contribution in [2.24, 2.45) is 0 Å². The van der Waals surface area contributed by atoms with Crippen LogP contribution in [-0.2, 0) is 10.0 Å². The highest BCUT2D eigenvalue weighted by atomic mass is 35.5. The lowest BCUT2D eigenvalue weighted by molar-refractivity contribution is 0.594. The number of nitrogen functional groups attached to an aromatic ring is 1. The average Bonchev–Trinajstić information content (AvgIpc) is 2.38. The van der Waals surface area contributed by atoms with Gasteiger partial charge in [-0.15, -0.1) is 0 Å². The molecule has 2 N–H and O–H groups in total. The third kappa shape index (κ3) is 2.67. The normalized spacial score (nSPS) is 11.3. The van der Waals surface area contributed by atoms with Crippen molar-refractivity contribution in [2.75, 3.05) is 17.1 Å². The van der Waals surface area contributed by atoms with Gasteiger partial charge in [0.15, 0.2) is 0 Å². The van der Waals surface area contributed by atoms with Gasteiger partial charge in [0.25, 0.3) is 10.0 Å². The summed E-state index contributed by atoms with van der Waals surface area (Å²) in [6.45, 7) is 0. The molecule has 0 radical (unpaired) electrons. The van der Waals surface area contributed by atoms with Gasteiger partial charge < -0.3 is 5.73 Å². The smallest absolute Gasteiger partial charge is 0.265 e. The van der Waals surface area contributed by atoms with Crippen LogP contribution in [-0.4, -0.2) is 15.5 Å². The molecule has 0 unspecified atom stereocenters. The Morgan fingerprint density at radius 1 is 1.11 bits per heavy atom. The lowest BCUT2D eigenvalue weighted by Crippen LogP contribution is -2.26. The van der Waals surface area contributed by atoms with Crippen LogP contribution in [0.15, 0.2) is 53.4 Å². The van der Waals surface area contributed by atoms with E-state index in [0.29, 0.717) is 11.4 Å². The van der Waals surface area contributed by atoms with E-state index in [-0.39, 0.29) is 9.92 Å². The fourth-order valence-electron chi connectivity index (χ4n) is 1.66. The Hall–Kier alpha value is -1.72. The van der Waals surface area contributed by atoms with E-state index in [1.807, 2.05) is 0 Å². The molecule has 19 heavy (non-hydrogen) atoms. The Bertz CT molecular complexity index is 701. The average molecular weight is 297 g/mol.